The fraction of sp³-hybridized carbons (Fsp3) is 0.125. The fourth-order valence-electron chi connectivity index (χ4n) is 3.44. The molecular formula is C24H23N5O2S. The molecule has 1 N–H and O–H groups in total. The van der Waals surface area contributed by atoms with Crippen molar-refractivity contribution in [1.82, 2.24) is 15.0 Å². The summed E-state index contributed by atoms with van der Waals surface area (Å²) < 4.78 is 24.4. The SMILES string of the molecule is CS(=O)(=O)c1ccccc1Nc1ncccc1CCN(c1cccnc1)c1cccnc1. The summed E-state index contributed by atoms with van der Waals surface area (Å²) in [4.78, 5) is 15.3. The van der Waals surface area contributed by atoms with E-state index in [2.05, 4.69) is 25.2 Å². The van der Waals surface area contributed by atoms with E-state index in [1.54, 1.807) is 42.9 Å². The lowest BCUT2D eigenvalue weighted by atomic mass is 10.1. The van der Waals surface area contributed by atoms with Crippen molar-refractivity contribution in [1.29, 1.82) is 0 Å². The number of rotatable bonds is 8. The number of benzene rings is 1. The fourth-order valence-corrected chi connectivity index (χ4v) is 4.28. The van der Waals surface area contributed by atoms with E-state index in [0.29, 0.717) is 24.5 Å². The van der Waals surface area contributed by atoms with Crippen LogP contribution < -0.4 is 10.2 Å². The lowest BCUT2D eigenvalue weighted by Gasteiger charge is -2.24. The molecule has 32 heavy (non-hydrogen) atoms. The van der Waals surface area contributed by atoms with Crippen LogP contribution in [-0.4, -0.2) is 36.2 Å². The molecule has 0 radical (unpaired) electrons. The maximum absolute atomic E-state index is 12.2. The second kappa shape index (κ2) is 9.57. The van der Waals surface area contributed by atoms with E-state index >= 15 is 0 Å². The summed E-state index contributed by atoms with van der Waals surface area (Å²) in [6, 6.07) is 18.5. The van der Waals surface area contributed by atoms with Gasteiger partial charge in [0.1, 0.15) is 5.82 Å². The zero-order valence-corrected chi connectivity index (χ0v) is 18.4. The van der Waals surface area contributed by atoms with Crippen LogP contribution in [0.1, 0.15) is 5.56 Å². The van der Waals surface area contributed by atoms with Crippen molar-refractivity contribution in [3.05, 3.63) is 97.2 Å². The summed E-state index contributed by atoms with van der Waals surface area (Å²) in [5.74, 6) is 0.626. The predicted octanol–water partition coefficient (Wildman–Crippen LogP) is 4.40. The first kappa shape index (κ1) is 21.5. The average Bonchev–Trinajstić information content (AvgIpc) is 2.81. The first-order valence-electron chi connectivity index (χ1n) is 10.1. The molecule has 0 spiro atoms. The molecule has 1 aromatic carbocycles. The van der Waals surface area contributed by atoms with Crippen LogP contribution in [0, 0.1) is 0 Å². The maximum atomic E-state index is 12.2. The van der Waals surface area contributed by atoms with Crippen molar-refractivity contribution in [2.45, 2.75) is 11.3 Å². The molecule has 0 amide bonds. The summed E-state index contributed by atoms with van der Waals surface area (Å²) in [7, 11) is -3.38. The van der Waals surface area contributed by atoms with E-state index in [9.17, 15) is 8.42 Å². The highest BCUT2D eigenvalue weighted by Crippen LogP contribution is 2.28. The second-order valence-electron chi connectivity index (χ2n) is 7.23. The quantitative estimate of drug-likeness (QED) is 0.430. The molecule has 0 aliphatic heterocycles. The molecule has 0 saturated heterocycles. The third-order valence-corrected chi connectivity index (χ3v) is 6.11. The van der Waals surface area contributed by atoms with E-state index in [0.717, 1.165) is 16.9 Å². The van der Waals surface area contributed by atoms with E-state index in [-0.39, 0.29) is 4.90 Å². The minimum atomic E-state index is -3.38. The van der Waals surface area contributed by atoms with Gasteiger partial charge in [-0.25, -0.2) is 13.4 Å². The number of aromatic nitrogens is 3. The minimum Gasteiger partial charge on any atom is -0.339 e. The molecule has 4 rings (SSSR count). The van der Waals surface area contributed by atoms with Gasteiger partial charge in [0.2, 0.25) is 0 Å². The van der Waals surface area contributed by atoms with Crippen molar-refractivity contribution in [3.63, 3.8) is 0 Å². The lowest BCUT2D eigenvalue weighted by Crippen LogP contribution is -2.21. The molecular weight excluding hydrogens is 422 g/mol. The third-order valence-electron chi connectivity index (χ3n) is 4.95. The van der Waals surface area contributed by atoms with Crippen LogP contribution in [0.25, 0.3) is 0 Å². The van der Waals surface area contributed by atoms with Crippen LogP contribution in [0.5, 0.6) is 0 Å². The van der Waals surface area contributed by atoms with Gasteiger partial charge in [-0.1, -0.05) is 18.2 Å². The normalized spacial score (nSPS) is 11.2. The van der Waals surface area contributed by atoms with E-state index in [1.807, 2.05) is 48.8 Å². The summed E-state index contributed by atoms with van der Waals surface area (Å²) in [5.41, 5.74) is 3.39. The van der Waals surface area contributed by atoms with Gasteiger partial charge in [0.05, 0.1) is 34.4 Å². The van der Waals surface area contributed by atoms with Crippen molar-refractivity contribution in [3.8, 4) is 0 Å². The van der Waals surface area contributed by atoms with Crippen LogP contribution in [0.4, 0.5) is 22.9 Å². The largest absolute Gasteiger partial charge is 0.339 e. The van der Waals surface area contributed by atoms with Gasteiger partial charge >= 0.3 is 0 Å². The highest BCUT2D eigenvalue weighted by atomic mass is 32.2. The molecule has 4 aromatic rings. The lowest BCUT2D eigenvalue weighted by molar-refractivity contribution is 0.602. The number of nitrogens with zero attached hydrogens (tertiary/aromatic N) is 4. The third kappa shape index (κ3) is 5.09. The molecule has 0 fully saturated rings. The molecule has 3 heterocycles. The number of anilines is 4. The Labute approximate surface area is 187 Å². The number of pyridine rings is 3. The van der Waals surface area contributed by atoms with E-state index in [4.69, 9.17) is 0 Å². The Morgan fingerprint density at radius 2 is 1.50 bits per heavy atom. The molecule has 0 saturated carbocycles. The molecule has 0 atom stereocenters. The molecule has 7 nitrogen and oxygen atoms in total. The van der Waals surface area contributed by atoms with Crippen molar-refractivity contribution in [2.75, 3.05) is 23.0 Å². The second-order valence-corrected chi connectivity index (χ2v) is 9.21. The highest BCUT2D eigenvalue weighted by molar-refractivity contribution is 7.90. The first-order chi connectivity index (χ1) is 15.5. The highest BCUT2D eigenvalue weighted by Gasteiger charge is 2.15. The van der Waals surface area contributed by atoms with Crippen LogP contribution in [-0.2, 0) is 16.3 Å². The van der Waals surface area contributed by atoms with Crippen LogP contribution >= 0.6 is 0 Å². The first-order valence-corrected chi connectivity index (χ1v) is 12.0. The number of sulfone groups is 1. The summed E-state index contributed by atoms with van der Waals surface area (Å²) in [6.45, 7) is 0.658. The van der Waals surface area contributed by atoms with E-state index < -0.39 is 9.84 Å². The van der Waals surface area contributed by atoms with Crippen molar-refractivity contribution < 1.29 is 8.42 Å². The van der Waals surface area contributed by atoms with Gasteiger partial charge in [-0.15, -0.1) is 0 Å². The zero-order valence-electron chi connectivity index (χ0n) is 17.6. The summed E-state index contributed by atoms with van der Waals surface area (Å²) >= 11 is 0. The van der Waals surface area contributed by atoms with Gasteiger partial charge in [0.25, 0.3) is 0 Å². The molecule has 3 aromatic heterocycles. The van der Waals surface area contributed by atoms with Gasteiger partial charge in [0.15, 0.2) is 9.84 Å². The number of hydrogen-bond donors (Lipinski definition) is 1. The molecule has 0 bridgehead atoms. The Morgan fingerprint density at radius 3 is 2.12 bits per heavy atom. The Balaban J connectivity index is 1.61. The maximum Gasteiger partial charge on any atom is 0.177 e. The van der Waals surface area contributed by atoms with Gasteiger partial charge in [-0.3, -0.25) is 9.97 Å². The van der Waals surface area contributed by atoms with Crippen LogP contribution in [0.2, 0.25) is 0 Å². The summed E-state index contributed by atoms with van der Waals surface area (Å²) in [6.07, 6.45) is 10.7. The predicted molar refractivity (Wildman–Crippen MR) is 126 cm³/mol. The Kier molecular flexibility index (Phi) is 6.42. The number of para-hydroxylation sites is 1. The molecule has 0 aliphatic carbocycles. The van der Waals surface area contributed by atoms with E-state index in [1.165, 1.54) is 6.26 Å². The van der Waals surface area contributed by atoms with Crippen molar-refractivity contribution in [2.24, 2.45) is 0 Å². The van der Waals surface area contributed by atoms with Crippen LogP contribution in [0.3, 0.4) is 0 Å². The average molecular weight is 446 g/mol. The minimum absolute atomic E-state index is 0.240. The van der Waals surface area contributed by atoms with Crippen molar-refractivity contribution >= 4 is 32.7 Å². The molecule has 8 heteroatoms. The Bertz CT molecular complexity index is 1240. The Morgan fingerprint density at radius 1 is 0.844 bits per heavy atom. The summed E-state index contributed by atoms with van der Waals surface area (Å²) in [5, 5.41) is 3.22. The monoisotopic (exact) mass is 445 g/mol. The van der Waals surface area contributed by atoms with Crippen LogP contribution in [0.15, 0.2) is 96.5 Å². The molecule has 0 aliphatic rings. The standard InChI is InChI=1S/C24H23N5O2S/c1-32(30,31)23-11-3-2-10-22(23)28-24-19(7-4-15-27-24)12-16-29(20-8-5-13-25-17-20)21-9-6-14-26-18-21/h2-11,13-15,17-18H,12,16H2,1H3,(H,27,28). The van der Waals surface area contributed by atoms with Gasteiger partial charge in [0, 0.05) is 31.4 Å². The van der Waals surface area contributed by atoms with Gasteiger partial charge < -0.3 is 10.2 Å². The molecule has 0 unspecified atom stereocenters. The number of nitrogens with one attached hydrogen (secondary N) is 1. The van der Waals surface area contributed by atoms with Gasteiger partial charge in [-0.2, -0.15) is 0 Å². The number of hydrogen-bond acceptors (Lipinski definition) is 7. The topological polar surface area (TPSA) is 88.1 Å². The Hall–Kier alpha value is -3.78. The molecule has 162 valence electrons. The zero-order chi connectivity index (χ0) is 22.4. The smallest absolute Gasteiger partial charge is 0.177 e. The van der Waals surface area contributed by atoms with Gasteiger partial charge in [-0.05, 0) is 54.4 Å².